The largest absolute Gasteiger partial charge is 0.469 e. The number of hydrogen-bond donors (Lipinski definition) is 1. The number of hydrogen-bond acceptors (Lipinski definition) is 4. The van der Waals surface area contributed by atoms with Crippen LogP contribution in [0.4, 0.5) is 0 Å². The minimum atomic E-state index is -0.600. The molecular weight excluding hydrogens is 268 g/mol. The Balaban J connectivity index is 2.10. The van der Waals surface area contributed by atoms with E-state index in [-0.39, 0.29) is 24.4 Å². The first-order valence-electron chi connectivity index (χ1n) is 8.02. The van der Waals surface area contributed by atoms with Crippen molar-refractivity contribution in [3.63, 3.8) is 0 Å². The fourth-order valence-electron chi connectivity index (χ4n) is 4.49. The summed E-state index contributed by atoms with van der Waals surface area (Å²) in [5.74, 6) is 1.15. The molecule has 0 saturated heterocycles. The molecule has 0 bridgehead atoms. The zero-order valence-electron chi connectivity index (χ0n) is 12.9. The minimum Gasteiger partial charge on any atom is -0.469 e. The van der Waals surface area contributed by atoms with Crippen LogP contribution in [-0.4, -0.2) is 24.3 Å². The molecule has 2 aliphatic rings. The Morgan fingerprint density at radius 3 is 3.10 bits per heavy atom. The molecular formula is C17H24O4. The Morgan fingerprint density at radius 2 is 2.38 bits per heavy atom. The Morgan fingerprint density at radius 1 is 1.57 bits per heavy atom. The quantitative estimate of drug-likeness (QED) is 0.867. The molecule has 0 spiro atoms. The van der Waals surface area contributed by atoms with Gasteiger partial charge in [0.1, 0.15) is 5.76 Å². The van der Waals surface area contributed by atoms with Crippen molar-refractivity contribution in [1.29, 1.82) is 0 Å². The fourth-order valence-corrected chi connectivity index (χ4v) is 4.49. The molecule has 0 radical (unpaired) electrons. The van der Waals surface area contributed by atoms with Gasteiger partial charge in [-0.1, -0.05) is 6.92 Å². The van der Waals surface area contributed by atoms with Gasteiger partial charge in [-0.05, 0) is 44.1 Å². The van der Waals surface area contributed by atoms with Crippen LogP contribution in [0.1, 0.15) is 55.9 Å². The van der Waals surface area contributed by atoms with E-state index < -0.39 is 5.41 Å². The highest BCUT2D eigenvalue weighted by Crippen LogP contribution is 2.56. The number of ether oxygens (including phenoxy) is 1. The lowest BCUT2D eigenvalue weighted by atomic mass is 9.55. The van der Waals surface area contributed by atoms with E-state index >= 15 is 0 Å². The standard InChI is InChI=1S/C17H24O4/c1-3-20-16(19)17(7-8-18)11(2)9-14-15-12(10-21-14)5-4-6-13(15)17/h10-11,13,18H,3-9H2,1-2H3/t11-,13+,17-/m1/s1. The maximum Gasteiger partial charge on any atom is 0.313 e. The molecule has 1 aromatic rings. The van der Waals surface area contributed by atoms with Gasteiger partial charge in [0.2, 0.25) is 0 Å². The SMILES string of the molecule is CCOC(=O)[C@]1(CCO)[C@H](C)Cc2occ3c2[C@@H]1CCC3. The maximum absolute atomic E-state index is 12.8. The summed E-state index contributed by atoms with van der Waals surface area (Å²) < 4.78 is 11.2. The normalized spacial score (nSPS) is 30.8. The zero-order chi connectivity index (χ0) is 15.0. The van der Waals surface area contributed by atoms with E-state index in [1.165, 1.54) is 11.1 Å². The maximum atomic E-state index is 12.8. The molecule has 1 aromatic heterocycles. The molecule has 0 aliphatic heterocycles. The molecule has 0 amide bonds. The summed E-state index contributed by atoms with van der Waals surface area (Å²) in [6.45, 7) is 4.33. The van der Waals surface area contributed by atoms with Crippen molar-refractivity contribution in [3.8, 4) is 0 Å². The van der Waals surface area contributed by atoms with E-state index in [1.807, 2.05) is 13.2 Å². The second kappa shape index (κ2) is 5.48. The Bertz CT molecular complexity index is 533. The van der Waals surface area contributed by atoms with Gasteiger partial charge in [0, 0.05) is 24.5 Å². The first-order valence-corrected chi connectivity index (χ1v) is 8.02. The Kier molecular flexibility index (Phi) is 3.82. The average Bonchev–Trinajstić information content (AvgIpc) is 2.88. The van der Waals surface area contributed by atoms with Crippen LogP contribution in [0.15, 0.2) is 10.7 Å². The number of rotatable bonds is 4. The molecule has 4 heteroatoms. The molecule has 0 aromatic carbocycles. The number of carbonyl (C=O) groups excluding carboxylic acids is 1. The van der Waals surface area contributed by atoms with Crippen LogP contribution >= 0.6 is 0 Å². The second-order valence-corrected chi connectivity index (χ2v) is 6.38. The molecule has 3 atom stereocenters. The average molecular weight is 292 g/mol. The third-order valence-corrected chi connectivity index (χ3v) is 5.45. The Hall–Kier alpha value is -1.29. The van der Waals surface area contributed by atoms with Crippen molar-refractivity contribution in [1.82, 2.24) is 0 Å². The van der Waals surface area contributed by atoms with Gasteiger partial charge in [-0.15, -0.1) is 0 Å². The van der Waals surface area contributed by atoms with E-state index in [9.17, 15) is 9.90 Å². The number of esters is 1. The molecule has 2 aliphatic carbocycles. The van der Waals surface area contributed by atoms with Crippen molar-refractivity contribution >= 4 is 5.97 Å². The van der Waals surface area contributed by atoms with Gasteiger partial charge in [-0.3, -0.25) is 4.79 Å². The predicted molar refractivity (Wildman–Crippen MR) is 78.0 cm³/mol. The van der Waals surface area contributed by atoms with Crippen LogP contribution in [0, 0.1) is 11.3 Å². The summed E-state index contributed by atoms with van der Waals surface area (Å²) in [4.78, 5) is 12.8. The molecule has 4 nitrogen and oxygen atoms in total. The lowest BCUT2D eigenvalue weighted by Crippen LogP contribution is -2.49. The first-order chi connectivity index (χ1) is 10.1. The lowest BCUT2D eigenvalue weighted by Gasteiger charge is -2.47. The zero-order valence-corrected chi connectivity index (χ0v) is 12.9. The number of aryl methyl sites for hydroxylation is 1. The van der Waals surface area contributed by atoms with Crippen LogP contribution in [0.3, 0.4) is 0 Å². The molecule has 1 heterocycles. The number of carbonyl (C=O) groups is 1. The van der Waals surface area contributed by atoms with E-state index in [0.717, 1.165) is 31.4 Å². The third kappa shape index (κ3) is 2.03. The summed E-state index contributed by atoms with van der Waals surface area (Å²) >= 11 is 0. The first kappa shape index (κ1) is 14.6. The van der Waals surface area contributed by atoms with Gasteiger partial charge < -0.3 is 14.3 Å². The monoisotopic (exact) mass is 292 g/mol. The van der Waals surface area contributed by atoms with Crippen molar-refractivity contribution in [2.75, 3.05) is 13.2 Å². The molecule has 3 rings (SSSR count). The summed E-state index contributed by atoms with van der Waals surface area (Å²) in [6.07, 6.45) is 6.16. The number of furan rings is 1. The van der Waals surface area contributed by atoms with Gasteiger partial charge in [-0.25, -0.2) is 0 Å². The van der Waals surface area contributed by atoms with Crippen LogP contribution in [0.25, 0.3) is 0 Å². The van der Waals surface area contributed by atoms with Crippen molar-refractivity contribution in [2.24, 2.45) is 11.3 Å². The highest BCUT2D eigenvalue weighted by molar-refractivity contribution is 5.79. The van der Waals surface area contributed by atoms with Crippen molar-refractivity contribution < 1.29 is 19.1 Å². The van der Waals surface area contributed by atoms with Gasteiger partial charge in [-0.2, -0.15) is 0 Å². The summed E-state index contributed by atoms with van der Waals surface area (Å²) in [5, 5.41) is 9.59. The summed E-state index contributed by atoms with van der Waals surface area (Å²) in [7, 11) is 0. The highest BCUT2D eigenvalue weighted by atomic mass is 16.5. The van der Waals surface area contributed by atoms with Crippen LogP contribution in [0.2, 0.25) is 0 Å². The van der Waals surface area contributed by atoms with Crippen LogP contribution in [-0.2, 0) is 22.4 Å². The van der Waals surface area contributed by atoms with E-state index in [1.54, 1.807) is 0 Å². The van der Waals surface area contributed by atoms with Crippen LogP contribution in [0.5, 0.6) is 0 Å². The third-order valence-electron chi connectivity index (χ3n) is 5.45. The van der Waals surface area contributed by atoms with Gasteiger partial charge in [0.25, 0.3) is 0 Å². The molecule has 0 unspecified atom stereocenters. The van der Waals surface area contributed by atoms with Crippen LogP contribution < -0.4 is 0 Å². The Labute approximate surface area is 125 Å². The molecule has 116 valence electrons. The summed E-state index contributed by atoms with van der Waals surface area (Å²) in [6, 6.07) is 0. The van der Waals surface area contributed by atoms with E-state index in [4.69, 9.17) is 9.15 Å². The summed E-state index contributed by atoms with van der Waals surface area (Å²) in [5.41, 5.74) is 1.89. The van der Waals surface area contributed by atoms with Crippen molar-refractivity contribution in [3.05, 3.63) is 23.2 Å². The van der Waals surface area contributed by atoms with Gasteiger partial charge >= 0.3 is 5.97 Å². The smallest absolute Gasteiger partial charge is 0.313 e. The minimum absolute atomic E-state index is 0.0160. The second-order valence-electron chi connectivity index (χ2n) is 6.38. The number of aliphatic hydroxyl groups excluding tert-OH is 1. The predicted octanol–water partition coefficient (Wildman–Crippen LogP) is 2.82. The molecule has 0 saturated carbocycles. The number of aliphatic hydroxyl groups is 1. The van der Waals surface area contributed by atoms with Gasteiger partial charge in [0.05, 0.1) is 18.3 Å². The van der Waals surface area contributed by atoms with E-state index in [2.05, 4.69) is 6.92 Å². The highest BCUT2D eigenvalue weighted by Gasteiger charge is 2.55. The topological polar surface area (TPSA) is 59.7 Å². The van der Waals surface area contributed by atoms with Gasteiger partial charge in [0.15, 0.2) is 0 Å². The fraction of sp³-hybridized carbons (Fsp3) is 0.706. The molecule has 0 fully saturated rings. The van der Waals surface area contributed by atoms with Crippen molar-refractivity contribution in [2.45, 2.75) is 51.9 Å². The lowest BCUT2D eigenvalue weighted by molar-refractivity contribution is -0.164. The molecule has 21 heavy (non-hydrogen) atoms. The molecule has 1 N–H and O–H groups in total. The van der Waals surface area contributed by atoms with E-state index in [0.29, 0.717) is 13.0 Å².